The van der Waals surface area contributed by atoms with Crippen LogP contribution in [0.4, 0.5) is 0 Å². The van der Waals surface area contributed by atoms with Crippen molar-refractivity contribution in [1.29, 1.82) is 0 Å². The van der Waals surface area contributed by atoms with Gasteiger partial charge in [-0.15, -0.1) is 0 Å². The Balaban J connectivity index is 1.25. The van der Waals surface area contributed by atoms with Crippen LogP contribution in [0.5, 0.6) is 5.75 Å². The van der Waals surface area contributed by atoms with E-state index in [9.17, 15) is 9.59 Å². The summed E-state index contributed by atoms with van der Waals surface area (Å²) in [5, 5.41) is 6.17. The van der Waals surface area contributed by atoms with Gasteiger partial charge < -0.3 is 19.8 Å². The van der Waals surface area contributed by atoms with Crippen LogP contribution in [0, 0.1) is 0 Å². The maximum Gasteiger partial charge on any atom is 0.251 e. The zero-order valence-electron chi connectivity index (χ0n) is 18.0. The molecule has 1 amide bonds. The first-order chi connectivity index (χ1) is 16.1. The quantitative estimate of drug-likeness (QED) is 0.431. The zero-order chi connectivity index (χ0) is 22.7. The molecule has 0 saturated carbocycles. The normalized spacial score (nSPS) is 17.7. The molecule has 7 nitrogen and oxygen atoms in total. The number of hydrogen-bond donors (Lipinski definition) is 2. The van der Waals surface area contributed by atoms with Gasteiger partial charge in [-0.3, -0.25) is 9.59 Å². The average Bonchev–Trinajstić information content (AvgIpc) is 3.53. The van der Waals surface area contributed by atoms with E-state index < -0.39 is 5.60 Å². The molecule has 0 radical (unpaired) electrons. The van der Waals surface area contributed by atoms with Crippen LogP contribution in [-0.2, 0) is 6.54 Å². The number of carbonyl (C=O) groups excluding carboxylic acids is 2. The Morgan fingerprint density at radius 1 is 1.03 bits per heavy atom. The number of Topliss-reactive ketones (excluding diaryl/α,β-unsaturated/α-hetero) is 1. The number of benzene rings is 2. The summed E-state index contributed by atoms with van der Waals surface area (Å²) in [7, 11) is 0. The molecule has 0 bridgehead atoms. The summed E-state index contributed by atoms with van der Waals surface area (Å²) in [6, 6.07) is 20.0. The minimum absolute atomic E-state index is 0.0376. The van der Waals surface area contributed by atoms with Gasteiger partial charge in [-0.25, -0.2) is 4.98 Å². The number of fused-ring (bicyclic) bond motifs is 1. The molecule has 2 N–H and O–H groups in total. The Hall–Kier alpha value is -3.97. The average molecular weight is 441 g/mol. The fourth-order valence-corrected chi connectivity index (χ4v) is 4.10. The highest BCUT2D eigenvalue weighted by Gasteiger charge is 2.44. The summed E-state index contributed by atoms with van der Waals surface area (Å²) >= 11 is 0. The molecule has 33 heavy (non-hydrogen) atoms. The van der Waals surface area contributed by atoms with E-state index in [1.807, 2.05) is 59.3 Å². The van der Waals surface area contributed by atoms with Crippen molar-refractivity contribution in [3.05, 3.63) is 102 Å². The fourth-order valence-electron chi connectivity index (χ4n) is 4.10. The van der Waals surface area contributed by atoms with Gasteiger partial charge in [0.05, 0.1) is 0 Å². The second-order valence-corrected chi connectivity index (χ2v) is 8.15. The van der Waals surface area contributed by atoms with Gasteiger partial charge in [0, 0.05) is 49.2 Å². The van der Waals surface area contributed by atoms with Gasteiger partial charge in [0.2, 0.25) is 5.78 Å². The Morgan fingerprint density at radius 3 is 2.61 bits per heavy atom. The van der Waals surface area contributed by atoms with Crippen LogP contribution in [0.15, 0.2) is 85.3 Å². The maximum atomic E-state index is 13.2. The molecule has 1 aliphatic heterocycles. The van der Waals surface area contributed by atoms with Gasteiger partial charge in [-0.05, 0) is 48.5 Å². The second-order valence-electron chi connectivity index (χ2n) is 8.15. The number of carbonyl (C=O) groups is 2. The van der Waals surface area contributed by atoms with Crippen molar-refractivity contribution in [2.24, 2.45) is 0 Å². The minimum atomic E-state index is -0.948. The predicted octanol–water partition coefficient (Wildman–Crippen LogP) is 3.26. The Labute approximate surface area is 191 Å². The van der Waals surface area contributed by atoms with Gasteiger partial charge >= 0.3 is 0 Å². The van der Waals surface area contributed by atoms with Crippen molar-refractivity contribution in [2.45, 2.75) is 18.6 Å². The van der Waals surface area contributed by atoms with Crippen LogP contribution in [-0.4, -0.2) is 39.8 Å². The van der Waals surface area contributed by atoms with E-state index in [1.165, 1.54) is 0 Å². The first-order valence-electron chi connectivity index (χ1n) is 10.9. The number of nitrogens with zero attached hydrogens (tertiary/aromatic N) is 2. The second kappa shape index (κ2) is 8.88. The predicted molar refractivity (Wildman–Crippen MR) is 124 cm³/mol. The van der Waals surface area contributed by atoms with Crippen molar-refractivity contribution < 1.29 is 14.3 Å². The molecular formula is C26H24N4O3. The number of hydrogen-bond acceptors (Lipinski definition) is 5. The Morgan fingerprint density at radius 2 is 1.85 bits per heavy atom. The highest BCUT2D eigenvalue weighted by atomic mass is 16.5. The summed E-state index contributed by atoms with van der Waals surface area (Å²) in [4.78, 5) is 30.1. The van der Waals surface area contributed by atoms with Gasteiger partial charge in [0.1, 0.15) is 11.4 Å². The van der Waals surface area contributed by atoms with E-state index in [0.717, 1.165) is 11.2 Å². The molecule has 3 heterocycles. The van der Waals surface area contributed by atoms with Crippen LogP contribution < -0.4 is 15.4 Å². The third-order valence-electron chi connectivity index (χ3n) is 5.91. The SMILES string of the molecule is O=C(NCc1ccn2ccnc2c1)c1ccc(O[C@@]2(C(=O)c3ccccc3)CCNC2)cc1. The van der Waals surface area contributed by atoms with Gasteiger partial charge in [-0.2, -0.15) is 0 Å². The molecule has 1 atom stereocenters. The molecule has 7 heteroatoms. The topological polar surface area (TPSA) is 84.7 Å². The minimum Gasteiger partial charge on any atom is -0.478 e. The monoisotopic (exact) mass is 440 g/mol. The Kier molecular flexibility index (Phi) is 5.62. The lowest BCUT2D eigenvalue weighted by atomic mass is 9.91. The number of nitrogens with one attached hydrogen (secondary N) is 2. The van der Waals surface area contributed by atoms with Crippen molar-refractivity contribution in [3.63, 3.8) is 0 Å². The van der Waals surface area contributed by atoms with E-state index in [-0.39, 0.29) is 11.7 Å². The lowest BCUT2D eigenvalue weighted by molar-refractivity contribution is 0.0524. The van der Waals surface area contributed by atoms with Gasteiger partial charge in [-0.1, -0.05) is 30.3 Å². The third kappa shape index (κ3) is 4.36. The number of rotatable bonds is 7. The largest absolute Gasteiger partial charge is 0.478 e. The Bertz CT molecular complexity index is 1280. The van der Waals surface area contributed by atoms with Crippen LogP contribution in [0.2, 0.25) is 0 Å². The standard InChI is InChI=1S/C26H24N4O3/c31-24(20-4-2-1-3-5-20)26(11-12-27-18-26)33-22-8-6-21(7-9-22)25(32)29-17-19-10-14-30-15-13-28-23(30)16-19/h1-10,13-16,27H,11-12,17-18H2,(H,29,32)/t26-/m0/s1. The maximum absolute atomic E-state index is 13.2. The van der Waals surface area contributed by atoms with Crippen LogP contribution in [0.3, 0.4) is 0 Å². The number of pyridine rings is 1. The number of ether oxygens (including phenoxy) is 1. The molecule has 1 saturated heterocycles. The molecule has 2 aromatic carbocycles. The molecule has 1 fully saturated rings. The summed E-state index contributed by atoms with van der Waals surface area (Å²) in [6.45, 7) is 1.56. The fraction of sp³-hybridized carbons (Fsp3) is 0.192. The lowest BCUT2D eigenvalue weighted by Crippen LogP contribution is -2.46. The molecule has 166 valence electrons. The van der Waals surface area contributed by atoms with E-state index in [4.69, 9.17) is 4.74 Å². The summed E-state index contributed by atoms with van der Waals surface area (Å²) in [5.41, 5.74) is 2.01. The van der Waals surface area contributed by atoms with Crippen LogP contribution in [0.25, 0.3) is 5.65 Å². The third-order valence-corrected chi connectivity index (χ3v) is 5.91. The van der Waals surface area contributed by atoms with Crippen molar-refractivity contribution >= 4 is 17.3 Å². The van der Waals surface area contributed by atoms with E-state index in [0.29, 0.717) is 42.9 Å². The van der Waals surface area contributed by atoms with Crippen LogP contribution >= 0.6 is 0 Å². The molecule has 1 aliphatic rings. The number of aromatic nitrogens is 2. The first-order valence-corrected chi connectivity index (χ1v) is 10.9. The molecule has 5 rings (SSSR count). The summed E-state index contributed by atoms with van der Waals surface area (Å²) in [5.74, 6) is 0.344. The summed E-state index contributed by atoms with van der Waals surface area (Å²) < 4.78 is 8.14. The molecule has 4 aromatic rings. The van der Waals surface area contributed by atoms with E-state index in [2.05, 4.69) is 15.6 Å². The summed E-state index contributed by atoms with van der Waals surface area (Å²) in [6.07, 6.45) is 6.12. The number of ketones is 1. The smallest absolute Gasteiger partial charge is 0.251 e. The highest BCUT2D eigenvalue weighted by Crippen LogP contribution is 2.28. The van der Waals surface area contributed by atoms with Crippen molar-refractivity contribution in [1.82, 2.24) is 20.0 Å². The molecule has 0 spiro atoms. The molecule has 2 aromatic heterocycles. The molecule has 0 aliphatic carbocycles. The van der Waals surface area contributed by atoms with Crippen LogP contribution in [0.1, 0.15) is 32.7 Å². The van der Waals surface area contributed by atoms with Crippen molar-refractivity contribution in [3.8, 4) is 5.75 Å². The van der Waals surface area contributed by atoms with Gasteiger partial charge in [0.15, 0.2) is 5.60 Å². The van der Waals surface area contributed by atoms with E-state index in [1.54, 1.807) is 30.5 Å². The first kappa shape index (κ1) is 20.9. The highest BCUT2D eigenvalue weighted by molar-refractivity contribution is 6.03. The zero-order valence-corrected chi connectivity index (χ0v) is 18.0. The number of imidazole rings is 1. The van der Waals surface area contributed by atoms with Crippen molar-refractivity contribution in [2.75, 3.05) is 13.1 Å². The lowest BCUT2D eigenvalue weighted by Gasteiger charge is -2.28. The van der Waals surface area contributed by atoms with Gasteiger partial charge in [0.25, 0.3) is 5.91 Å². The molecule has 0 unspecified atom stereocenters. The number of amides is 1. The molecular weight excluding hydrogens is 416 g/mol. The van der Waals surface area contributed by atoms with E-state index >= 15 is 0 Å².